The second-order valence-corrected chi connectivity index (χ2v) is 7.82. The zero-order valence-electron chi connectivity index (χ0n) is 16.9. The van der Waals surface area contributed by atoms with Crippen LogP contribution in [0.5, 0.6) is 5.75 Å². The number of carbonyl (C=O) groups is 1. The Hall–Kier alpha value is -3.02. The van der Waals surface area contributed by atoms with Gasteiger partial charge >= 0.3 is 0 Å². The van der Waals surface area contributed by atoms with Crippen LogP contribution in [0.3, 0.4) is 0 Å². The highest BCUT2D eigenvalue weighted by Crippen LogP contribution is 2.35. The Morgan fingerprint density at radius 2 is 2.07 bits per heavy atom. The third kappa shape index (κ3) is 4.36. The van der Waals surface area contributed by atoms with E-state index in [1.54, 1.807) is 13.4 Å². The summed E-state index contributed by atoms with van der Waals surface area (Å²) in [4.78, 5) is 16.2. The molecular formula is C23H27N3O3. The van der Waals surface area contributed by atoms with Crippen molar-refractivity contribution in [1.82, 2.24) is 15.5 Å². The normalized spacial score (nSPS) is 19.1. The van der Waals surface area contributed by atoms with Gasteiger partial charge in [-0.15, -0.1) is 0 Å². The molecule has 0 spiro atoms. The SMILES string of the molecule is COc1cccc(-c2[nH]c(C)cc2C(=O)NCC2CCC(c3ccon3)CC2)c1. The summed E-state index contributed by atoms with van der Waals surface area (Å²) in [6.45, 7) is 2.66. The Labute approximate surface area is 170 Å². The molecule has 2 heterocycles. The van der Waals surface area contributed by atoms with Gasteiger partial charge in [0.15, 0.2) is 0 Å². The molecule has 152 valence electrons. The van der Waals surface area contributed by atoms with Crippen LogP contribution in [0.25, 0.3) is 11.3 Å². The molecule has 1 amide bonds. The molecule has 0 saturated heterocycles. The van der Waals surface area contributed by atoms with Crippen LogP contribution >= 0.6 is 0 Å². The highest BCUT2D eigenvalue weighted by atomic mass is 16.5. The first kappa shape index (κ1) is 19.3. The smallest absolute Gasteiger partial charge is 0.253 e. The number of amides is 1. The summed E-state index contributed by atoms with van der Waals surface area (Å²) in [5, 5.41) is 7.22. The molecular weight excluding hydrogens is 366 g/mol. The van der Waals surface area contributed by atoms with Crippen LogP contribution < -0.4 is 10.1 Å². The molecule has 2 N–H and O–H groups in total. The highest BCUT2D eigenvalue weighted by molar-refractivity contribution is 6.00. The minimum Gasteiger partial charge on any atom is -0.497 e. The molecule has 6 heteroatoms. The van der Waals surface area contributed by atoms with Crippen LogP contribution in [0, 0.1) is 12.8 Å². The molecule has 4 rings (SSSR count). The zero-order chi connectivity index (χ0) is 20.2. The summed E-state index contributed by atoms with van der Waals surface area (Å²) in [7, 11) is 1.64. The average molecular weight is 393 g/mol. The summed E-state index contributed by atoms with van der Waals surface area (Å²) in [5.74, 6) is 1.71. The van der Waals surface area contributed by atoms with Gasteiger partial charge in [-0.3, -0.25) is 4.79 Å². The van der Waals surface area contributed by atoms with E-state index < -0.39 is 0 Å². The Bertz CT molecular complexity index is 954. The maximum Gasteiger partial charge on any atom is 0.253 e. The third-order valence-electron chi connectivity index (χ3n) is 5.83. The van der Waals surface area contributed by atoms with Gasteiger partial charge in [0.1, 0.15) is 12.0 Å². The number of ether oxygens (including phenoxy) is 1. The molecule has 1 saturated carbocycles. The van der Waals surface area contributed by atoms with Gasteiger partial charge in [0.25, 0.3) is 5.91 Å². The first-order chi connectivity index (χ1) is 14.1. The minimum atomic E-state index is -0.0363. The number of benzene rings is 1. The Kier molecular flexibility index (Phi) is 5.69. The molecule has 0 atom stereocenters. The maximum atomic E-state index is 12.9. The number of hydrogen-bond donors (Lipinski definition) is 2. The lowest BCUT2D eigenvalue weighted by atomic mass is 9.80. The first-order valence-electron chi connectivity index (χ1n) is 10.2. The summed E-state index contributed by atoms with van der Waals surface area (Å²) in [6.07, 6.45) is 6.00. The van der Waals surface area contributed by atoms with E-state index in [2.05, 4.69) is 15.5 Å². The fourth-order valence-electron chi connectivity index (χ4n) is 4.20. The Balaban J connectivity index is 1.38. The van der Waals surface area contributed by atoms with E-state index in [9.17, 15) is 4.79 Å². The van der Waals surface area contributed by atoms with Crippen LogP contribution in [0.2, 0.25) is 0 Å². The summed E-state index contributed by atoms with van der Waals surface area (Å²) >= 11 is 0. The van der Waals surface area contributed by atoms with Gasteiger partial charge in [0, 0.05) is 29.8 Å². The number of carbonyl (C=O) groups excluding carboxylic acids is 1. The van der Waals surface area contributed by atoms with Gasteiger partial charge in [-0.1, -0.05) is 17.3 Å². The summed E-state index contributed by atoms with van der Waals surface area (Å²) < 4.78 is 10.3. The zero-order valence-corrected chi connectivity index (χ0v) is 16.9. The van der Waals surface area contributed by atoms with Crippen LogP contribution in [-0.4, -0.2) is 29.7 Å². The number of aromatic amines is 1. The monoisotopic (exact) mass is 393 g/mol. The maximum absolute atomic E-state index is 12.9. The lowest BCUT2D eigenvalue weighted by Gasteiger charge is -2.27. The number of nitrogens with zero attached hydrogens (tertiary/aromatic N) is 1. The largest absolute Gasteiger partial charge is 0.497 e. The predicted molar refractivity (Wildman–Crippen MR) is 111 cm³/mol. The van der Waals surface area contributed by atoms with Crippen LogP contribution in [0.1, 0.15) is 53.3 Å². The van der Waals surface area contributed by atoms with Gasteiger partial charge in [-0.05, 0) is 56.7 Å². The van der Waals surface area contributed by atoms with Crippen molar-refractivity contribution in [2.45, 2.75) is 38.5 Å². The van der Waals surface area contributed by atoms with E-state index in [0.29, 0.717) is 23.9 Å². The molecule has 0 radical (unpaired) electrons. The minimum absolute atomic E-state index is 0.0363. The fraction of sp³-hybridized carbons (Fsp3) is 0.391. The molecule has 1 aliphatic carbocycles. The molecule has 29 heavy (non-hydrogen) atoms. The Morgan fingerprint density at radius 3 is 2.79 bits per heavy atom. The highest BCUT2D eigenvalue weighted by Gasteiger charge is 2.25. The van der Waals surface area contributed by atoms with Crippen molar-refractivity contribution in [3.05, 3.63) is 59.6 Å². The molecule has 2 aromatic heterocycles. The molecule has 6 nitrogen and oxygen atoms in total. The Morgan fingerprint density at radius 1 is 1.24 bits per heavy atom. The van der Waals surface area contributed by atoms with Gasteiger partial charge in [-0.2, -0.15) is 0 Å². The van der Waals surface area contributed by atoms with Crippen LogP contribution in [0.15, 0.2) is 47.2 Å². The second kappa shape index (κ2) is 8.55. The standard InChI is InChI=1S/C23H27N3O3/c1-15-12-20(22(25-15)18-4-3-5-19(13-18)28-2)23(27)24-14-16-6-8-17(9-7-16)21-10-11-29-26-21/h3-5,10-13,16-17,25H,6-9,14H2,1-2H3,(H,24,27). The van der Waals surface area contributed by atoms with Crippen molar-refractivity contribution in [2.24, 2.45) is 5.92 Å². The predicted octanol–water partition coefficient (Wildman–Crippen LogP) is 4.69. The molecule has 1 aromatic carbocycles. The number of aryl methyl sites for hydroxylation is 1. The van der Waals surface area contributed by atoms with E-state index in [1.807, 2.05) is 43.3 Å². The quantitative estimate of drug-likeness (QED) is 0.637. The van der Waals surface area contributed by atoms with Crippen molar-refractivity contribution in [2.75, 3.05) is 13.7 Å². The molecule has 1 fully saturated rings. The number of nitrogens with one attached hydrogen (secondary N) is 2. The summed E-state index contributed by atoms with van der Waals surface area (Å²) in [5.41, 5.74) is 4.45. The van der Waals surface area contributed by atoms with Gasteiger partial charge < -0.3 is 19.6 Å². The van der Waals surface area contributed by atoms with Gasteiger partial charge in [0.2, 0.25) is 0 Å². The van der Waals surface area contributed by atoms with E-state index in [0.717, 1.165) is 54.1 Å². The molecule has 1 aliphatic rings. The third-order valence-corrected chi connectivity index (χ3v) is 5.83. The summed E-state index contributed by atoms with van der Waals surface area (Å²) in [6, 6.07) is 11.6. The fourth-order valence-corrected chi connectivity index (χ4v) is 4.20. The van der Waals surface area contributed by atoms with Crippen molar-refractivity contribution in [3.8, 4) is 17.0 Å². The number of methoxy groups -OCH3 is 1. The number of H-pyrrole nitrogens is 1. The average Bonchev–Trinajstić information content (AvgIpc) is 3.42. The lowest BCUT2D eigenvalue weighted by molar-refractivity contribution is 0.0943. The number of aromatic nitrogens is 2. The molecule has 0 unspecified atom stereocenters. The van der Waals surface area contributed by atoms with Crippen LogP contribution in [0.4, 0.5) is 0 Å². The van der Waals surface area contributed by atoms with Gasteiger partial charge in [-0.25, -0.2) is 0 Å². The van der Waals surface area contributed by atoms with E-state index >= 15 is 0 Å². The van der Waals surface area contributed by atoms with E-state index in [4.69, 9.17) is 9.26 Å². The van der Waals surface area contributed by atoms with E-state index in [1.165, 1.54) is 0 Å². The van der Waals surface area contributed by atoms with Crippen molar-refractivity contribution in [3.63, 3.8) is 0 Å². The lowest BCUT2D eigenvalue weighted by Crippen LogP contribution is -2.31. The van der Waals surface area contributed by atoms with Crippen molar-refractivity contribution in [1.29, 1.82) is 0 Å². The molecule has 0 aliphatic heterocycles. The second-order valence-electron chi connectivity index (χ2n) is 7.82. The van der Waals surface area contributed by atoms with Crippen molar-refractivity contribution < 1.29 is 14.1 Å². The molecule has 0 bridgehead atoms. The van der Waals surface area contributed by atoms with Crippen LogP contribution in [-0.2, 0) is 0 Å². The first-order valence-corrected chi connectivity index (χ1v) is 10.2. The van der Waals surface area contributed by atoms with E-state index in [-0.39, 0.29) is 5.91 Å². The number of hydrogen-bond acceptors (Lipinski definition) is 4. The van der Waals surface area contributed by atoms with Gasteiger partial charge in [0.05, 0.1) is 24.1 Å². The topological polar surface area (TPSA) is 80.2 Å². The van der Waals surface area contributed by atoms with Crippen molar-refractivity contribution >= 4 is 5.91 Å². The molecule has 3 aromatic rings. The number of rotatable bonds is 6.